The maximum Gasteiger partial charge on any atom is 0.242 e. The number of aromatic nitrogens is 3. The number of sulfonamides is 1. The molecular weight excluding hydrogens is 302 g/mol. The van der Waals surface area contributed by atoms with Crippen molar-refractivity contribution in [3.05, 3.63) is 48.8 Å². The minimum Gasteiger partial charge on any atom is -0.354 e. The minimum atomic E-state index is -3.52. The monoisotopic (exact) mass is 317 g/mol. The zero-order chi connectivity index (χ0) is 15.4. The predicted octanol–water partition coefficient (Wildman–Crippen LogP) is 1.35. The number of benzene rings is 1. The third-order valence-electron chi connectivity index (χ3n) is 3.04. The average Bonchev–Trinajstić information content (AvgIpc) is 2.95. The fraction of sp³-hybridized carbons (Fsp3) is 0.143. The van der Waals surface area contributed by atoms with Crippen LogP contribution in [0.2, 0.25) is 0 Å². The molecule has 0 atom stereocenters. The highest BCUT2D eigenvalue weighted by molar-refractivity contribution is 7.89. The first-order valence-electron chi connectivity index (χ1n) is 6.73. The highest BCUT2D eigenvalue weighted by Gasteiger charge is 2.12. The molecule has 0 saturated carbocycles. The summed E-state index contributed by atoms with van der Waals surface area (Å²) in [5.74, 6) is 0.613. The van der Waals surface area contributed by atoms with Crippen LogP contribution in [0.25, 0.3) is 11.0 Å². The molecule has 0 aliphatic carbocycles. The van der Waals surface area contributed by atoms with Gasteiger partial charge in [0.2, 0.25) is 16.0 Å². The lowest BCUT2D eigenvalue weighted by Gasteiger charge is -2.06. The second-order valence-corrected chi connectivity index (χ2v) is 6.38. The van der Waals surface area contributed by atoms with E-state index in [-0.39, 0.29) is 11.4 Å². The van der Waals surface area contributed by atoms with Crippen molar-refractivity contribution in [1.82, 2.24) is 19.7 Å². The number of nitrogens with one attached hydrogen (secondary N) is 3. The molecule has 3 N–H and O–H groups in total. The molecule has 0 unspecified atom stereocenters. The molecule has 22 heavy (non-hydrogen) atoms. The highest BCUT2D eigenvalue weighted by Crippen LogP contribution is 2.12. The number of aromatic amines is 1. The normalized spacial score (nSPS) is 11.6. The predicted molar refractivity (Wildman–Crippen MR) is 84.0 cm³/mol. The van der Waals surface area contributed by atoms with Gasteiger partial charge in [-0.15, -0.1) is 0 Å². The van der Waals surface area contributed by atoms with Crippen LogP contribution in [0.3, 0.4) is 0 Å². The number of para-hydroxylation sites is 2. The number of anilines is 1. The molecule has 1 aromatic carbocycles. The van der Waals surface area contributed by atoms with E-state index in [0.717, 1.165) is 11.0 Å². The molecule has 0 saturated heterocycles. The smallest absolute Gasteiger partial charge is 0.242 e. The molecule has 7 nitrogen and oxygen atoms in total. The van der Waals surface area contributed by atoms with Gasteiger partial charge in [-0.2, -0.15) is 0 Å². The van der Waals surface area contributed by atoms with Gasteiger partial charge in [-0.1, -0.05) is 12.1 Å². The SMILES string of the molecule is O=S(=O)(NCCNc1nc2ccccc2[nH]1)c1cccnc1. The number of hydrogen-bond acceptors (Lipinski definition) is 5. The number of H-pyrrole nitrogens is 1. The van der Waals surface area contributed by atoms with E-state index in [2.05, 4.69) is 25.0 Å². The molecule has 0 fully saturated rings. The summed E-state index contributed by atoms with van der Waals surface area (Å²) in [6.07, 6.45) is 2.84. The van der Waals surface area contributed by atoms with Crippen molar-refractivity contribution in [2.24, 2.45) is 0 Å². The van der Waals surface area contributed by atoms with Gasteiger partial charge in [-0.05, 0) is 24.3 Å². The Labute approximate surface area is 127 Å². The number of fused-ring (bicyclic) bond motifs is 1. The Morgan fingerprint density at radius 1 is 1.09 bits per heavy atom. The maximum atomic E-state index is 12.0. The number of nitrogens with zero attached hydrogens (tertiary/aromatic N) is 2. The van der Waals surface area contributed by atoms with Crippen LogP contribution in [0, 0.1) is 0 Å². The largest absolute Gasteiger partial charge is 0.354 e. The molecule has 0 spiro atoms. The summed E-state index contributed by atoms with van der Waals surface area (Å²) < 4.78 is 26.5. The van der Waals surface area contributed by atoms with Crippen molar-refractivity contribution in [2.75, 3.05) is 18.4 Å². The average molecular weight is 317 g/mol. The fourth-order valence-corrected chi connectivity index (χ4v) is 2.99. The fourth-order valence-electron chi connectivity index (χ4n) is 1.99. The molecule has 2 aromatic heterocycles. The molecule has 0 bridgehead atoms. The molecule has 3 aromatic rings. The van der Waals surface area contributed by atoms with Gasteiger partial charge in [0, 0.05) is 25.5 Å². The highest BCUT2D eigenvalue weighted by atomic mass is 32.2. The minimum absolute atomic E-state index is 0.152. The summed E-state index contributed by atoms with van der Waals surface area (Å²) in [6, 6.07) is 10.8. The third-order valence-corrected chi connectivity index (χ3v) is 4.49. The summed E-state index contributed by atoms with van der Waals surface area (Å²) in [4.78, 5) is 11.4. The summed E-state index contributed by atoms with van der Waals surface area (Å²) >= 11 is 0. The molecule has 0 aliphatic heterocycles. The van der Waals surface area contributed by atoms with E-state index in [9.17, 15) is 8.42 Å². The molecular formula is C14H15N5O2S. The van der Waals surface area contributed by atoms with E-state index in [1.165, 1.54) is 18.5 Å². The van der Waals surface area contributed by atoms with Gasteiger partial charge in [0.25, 0.3) is 0 Å². The van der Waals surface area contributed by atoms with Crippen LogP contribution in [0.4, 0.5) is 5.95 Å². The Kier molecular flexibility index (Phi) is 4.03. The first-order chi connectivity index (χ1) is 10.6. The lowest BCUT2D eigenvalue weighted by Crippen LogP contribution is -2.29. The Bertz CT molecular complexity index is 828. The van der Waals surface area contributed by atoms with Gasteiger partial charge in [0.15, 0.2) is 0 Å². The van der Waals surface area contributed by atoms with Crippen LogP contribution in [0.5, 0.6) is 0 Å². The molecule has 0 radical (unpaired) electrons. The van der Waals surface area contributed by atoms with Crippen molar-refractivity contribution in [3.63, 3.8) is 0 Å². The van der Waals surface area contributed by atoms with Crippen LogP contribution in [-0.4, -0.2) is 36.5 Å². The summed E-state index contributed by atoms with van der Waals surface area (Å²) in [6.45, 7) is 0.660. The molecule has 2 heterocycles. The topological polar surface area (TPSA) is 99.8 Å². The van der Waals surface area contributed by atoms with E-state index in [0.29, 0.717) is 12.5 Å². The van der Waals surface area contributed by atoms with Crippen molar-refractivity contribution in [2.45, 2.75) is 4.90 Å². The van der Waals surface area contributed by atoms with Crippen LogP contribution in [-0.2, 0) is 10.0 Å². The Balaban J connectivity index is 1.55. The first kappa shape index (κ1) is 14.5. The van der Waals surface area contributed by atoms with E-state index >= 15 is 0 Å². The summed E-state index contributed by atoms with van der Waals surface area (Å²) in [5, 5.41) is 3.05. The van der Waals surface area contributed by atoms with Crippen molar-refractivity contribution in [1.29, 1.82) is 0 Å². The molecule has 0 amide bonds. The molecule has 114 valence electrons. The number of hydrogen-bond donors (Lipinski definition) is 3. The zero-order valence-corrected chi connectivity index (χ0v) is 12.5. The quantitative estimate of drug-likeness (QED) is 0.596. The first-order valence-corrected chi connectivity index (χ1v) is 8.22. The van der Waals surface area contributed by atoms with Crippen LogP contribution in [0.1, 0.15) is 0 Å². The van der Waals surface area contributed by atoms with Crippen molar-refractivity contribution in [3.8, 4) is 0 Å². The lowest BCUT2D eigenvalue weighted by atomic mass is 10.3. The van der Waals surface area contributed by atoms with Crippen LogP contribution >= 0.6 is 0 Å². The van der Waals surface area contributed by atoms with Crippen LogP contribution < -0.4 is 10.0 Å². The standard InChI is InChI=1S/C14H15N5O2S/c20-22(21,11-4-3-7-15-10-11)17-9-8-16-14-18-12-5-1-2-6-13(12)19-14/h1-7,10,17H,8-9H2,(H2,16,18,19). The molecule has 0 aliphatic rings. The molecule has 3 rings (SSSR count). The van der Waals surface area contributed by atoms with E-state index in [1.54, 1.807) is 6.07 Å². The molecule has 8 heteroatoms. The summed E-state index contributed by atoms with van der Waals surface area (Å²) in [5.41, 5.74) is 1.79. The Hall–Kier alpha value is -2.45. The van der Waals surface area contributed by atoms with Gasteiger partial charge in [0.05, 0.1) is 11.0 Å². The van der Waals surface area contributed by atoms with E-state index < -0.39 is 10.0 Å². The van der Waals surface area contributed by atoms with E-state index in [1.807, 2.05) is 24.3 Å². The third kappa shape index (κ3) is 3.23. The zero-order valence-electron chi connectivity index (χ0n) is 11.7. The van der Waals surface area contributed by atoms with Crippen LogP contribution in [0.15, 0.2) is 53.7 Å². The second kappa shape index (κ2) is 6.12. The lowest BCUT2D eigenvalue weighted by molar-refractivity contribution is 0.582. The number of imidazole rings is 1. The van der Waals surface area contributed by atoms with Crippen molar-refractivity contribution < 1.29 is 8.42 Å². The van der Waals surface area contributed by atoms with E-state index in [4.69, 9.17) is 0 Å². The second-order valence-electron chi connectivity index (χ2n) is 4.62. The van der Waals surface area contributed by atoms with Crippen molar-refractivity contribution >= 4 is 27.0 Å². The van der Waals surface area contributed by atoms with Gasteiger partial charge in [0.1, 0.15) is 4.90 Å². The summed E-state index contributed by atoms with van der Waals surface area (Å²) in [7, 11) is -3.52. The van der Waals surface area contributed by atoms with Gasteiger partial charge in [-0.25, -0.2) is 18.1 Å². The Morgan fingerprint density at radius 2 is 1.95 bits per heavy atom. The number of rotatable bonds is 6. The van der Waals surface area contributed by atoms with Gasteiger partial charge >= 0.3 is 0 Å². The number of pyridine rings is 1. The van der Waals surface area contributed by atoms with Gasteiger partial charge in [-0.3, -0.25) is 4.98 Å². The Morgan fingerprint density at radius 3 is 2.73 bits per heavy atom. The van der Waals surface area contributed by atoms with Gasteiger partial charge < -0.3 is 10.3 Å². The maximum absolute atomic E-state index is 12.0.